The molecule has 1 aromatic carbocycles. The topological polar surface area (TPSA) is 12.0 Å². The van der Waals surface area contributed by atoms with Crippen LogP contribution >= 0.6 is 0 Å². The van der Waals surface area contributed by atoms with Gasteiger partial charge >= 0.3 is 0 Å². The summed E-state index contributed by atoms with van der Waals surface area (Å²) >= 11 is 0. The van der Waals surface area contributed by atoms with Gasteiger partial charge in [0, 0.05) is 6.04 Å². The van der Waals surface area contributed by atoms with Gasteiger partial charge in [0.1, 0.15) is 0 Å². The van der Waals surface area contributed by atoms with E-state index < -0.39 is 0 Å². The Bertz CT molecular complexity index is 374. The van der Waals surface area contributed by atoms with Crippen molar-refractivity contribution in [1.82, 2.24) is 5.32 Å². The zero-order chi connectivity index (χ0) is 13.8. The molecule has 18 heavy (non-hydrogen) atoms. The van der Waals surface area contributed by atoms with Gasteiger partial charge in [0.05, 0.1) is 0 Å². The zero-order valence-corrected chi connectivity index (χ0v) is 12.9. The molecule has 0 aliphatic carbocycles. The number of rotatable bonds is 5. The van der Waals surface area contributed by atoms with Crippen molar-refractivity contribution in [3.05, 3.63) is 34.9 Å². The van der Waals surface area contributed by atoms with E-state index in [1.165, 1.54) is 16.7 Å². The maximum Gasteiger partial charge on any atom is 0.0371 e. The molecule has 1 rings (SSSR count). The SMILES string of the molecule is CCNC(c1cc(CC)ccc1CC)C(C)(C)C. The second-order valence-corrected chi connectivity index (χ2v) is 6.10. The molecule has 1 heteroatoms. The highest BCUT2D eigenvalue weighted by Crippen LogP contribution is 2.35. The fourth-order valence-electron chi connectivity index (χ4n) is 2.54. The Morgan fingerprint density at radius 3 is 2.17 bits per heavy atom. The van der Waals surface area contributed by atoms with Crippen LogP contribution in [0.4, 0.5) is 0 Å². The van der Waals surface area contributed by atoms with Crippen molar-refractivity contribution in [3.8, 4) is 0 Å². The average molecular weight is 247 g/mol. The fourth-order valence-corrected chi connectivity index (χ4v) is 2.54. The Labute approximate surface area is 113 Å². The first-order valence-electron chi connectivity index (χ1n) is 7.29. The molecule has 0 saturated carbocycles. The normalized spacial score (nSPS) is 13.7. The first kappa shape index (κ1) is 15.2. The van der Waals surface area contributed by atoms with E-state index in [4.69, 9.17) is 0 Å². The van der Waals surface area contributed by atoms with Gasteiger partial charge < -0.3 is 5.32 Å². The van der Waals surface area contributed by atoms with Crippen LogP contribution < -0.4 is 5.32 Å². The molecule has 0 heterocycles. The lowest BCUT2D eigenvalue weighted by atomic mass is 9.79. The van der Waals surface area contributed by atoms with Crippen molar-refractivity contribution in [1.29, 1.82) is 0 Å². The molecular weight excluding hydrogens is 218 g/mol. The van der Waals surface area contributed by atoms with E-state index in [2.05, 4.69) is 65.1 Å². The smallest absolute Gasteiger partial charge is 0.0371 e. The van der Waals surface area contributed by atoms with Gasteiger partial charge in [0.2, 0.25) is 0 Å². The average Bonchev–Trinajstić information content (AvgIpc) is 2.33. The van der Waals surface area contributed by atoms with Gasteiger partial charge in [0.25, 0.3) is 0 Å². The van der Waals surface area contributed by atoms with Crippen molar-refractivity contribution >= 4 is 0 Å². The van der Waals surface area contributed by atoms with Gasteiger partial charge in [-0.05, 0) is 41.5 Å². The second-order valence-electron chi connectivity index (χ2n) is 6.10. The summed E-state index contributed by atoms with van der Waals surface area (Å²) in [6.45, 7) is 14.6. The van der Waals surface area contributed by atoms with Gasteiger partial charge in [0.15, 0.2) is 0 Å². The molecule has 0 saturated heterocycles. The van der Waals surface area contributed by atoms with Crippen LogP contribution in [0.25, 0.3) is 0 Å². The molecule has 1 unspecified atom stereocenters. The van der Waals surface area contributed by atoms with E-state index in [0.717, 1.165) is 19.4 Å². The van der Waals surface area contributed by atoms with Crippen molar-refractivity contribution in [2.24, 2.45) is 5.41 Å². The van der Waals surface area contributed by atoms with Crippen LogP contribution in [0.15, 0.2) is 18.2 Å². The molecule has 1 nitrogen and oxygen atoms in total. The lowest BCUT2D eigenvalue weighted by molar-refractivity contribution is 0.275. The molecule has 1 aromatic rings. The highest BCUT2D eigenvalue weighted by atomic mass is 14.9. The van der Waals surface area contributed by atoms with Crippen LogP contribution in [0.3, 0.4) is 0 Å². The zero-order valence-electron chi connectivity index (χ0n) is 12.9. The number of hydrogen-bond donors (Lipinski definition) is 1. The summed E-state index contributed by atoms with van der Waals surface area (Å²) in [6, 6.07) is 7.42. The number of hydrogen-bond acceptors (Lipinski definition) is 1. The summed E-state index contributed by atoms with van der Waals surface area (Å²) in [5, 5.41) is 3.66. The lowest BCUT2D eigenvalue weighted by Gasteiger charge is -2.33. The molecule has 1 N–H and O–H groups in total. The molecule has 0 amide bonds. The van der Waals surface area contributed by atoms with Gasteiger partial charge in [-0.15, -0.1) is 0 Å². The summed E-state index contributed by atoms with van der Waals surface area (Å²) in [5.41, 5.74) is 4.65. The number of benzene rings is 1. The number of aryl methyl sites for hydroxylation is 2. The molecule has 0 spiro atoms. The highest BCUT2D eigenvalue weighted by Gasteiger charge is 2.27. The molecule has 0 aliphatic rings. The van der Waals surface area contributed by atoms with Gasteiger partial charge in [-0.25, -0.2) is 0 Å². The molecule has 102 valence electrons. The van der Waals surface area contributed by atoms with Crippen LogP contribution in [0.2, 0.25) is 0 Å². The quantitative estimate of drug-likeness (QED) is 0.807. The van der Waals surface area contributed by atoms with E-state index >= 15 is 0 Å². The summed E-state index contributed by atoms with van der Waals surface area (Å²) in [5.74, 6) is 0. The Kier molecular flexibility index (Phi) is 5.40. The van der Waals surface area contributed by atoms with Crippen molar-refractivity contribution < 1.29 is 0 Å². The molecule has 0 fully saturated rings. The summed E-state index contributed by atoms with van der Waals surface area (Å²) in [4.78, 5) is 0. The highest BCUT2D eigenvalue weighted by molar-refractivity contribution is 5.35. The van der Waals surface area contributed by atoms with Crippen LogP contribution in [0.1, 0.15) is 64.3 Å². The molecule has 0 radical (unpaired) electrons. The minimum Gasteiger partial charge on any atom is -0.310 e. The van der Waals surface area contributed by atoms with Crippen molar-refractivity contribution in [2.45, 2.75) is 60.4 Å². The summed E-state index contributed by atoms with van der Waals surface area (Å²) in [6.07, 6.45) is 2.22. The van der Waals surface area contributed by atoms with E-state index in [1.807, 2.05) is 0 Å². The molecule has 0 aromatic heterocycles. The summed E-state index contributed by atoms with van der Waals surface area (Å²) in [7, 11) is 0. The predicted octanol–water partition coefficient (Wildman–Crippen LogP) is 4.51. The van der Waals surface area contributed by atoms with E-state index in [1.54, 1.807) is 0 Å². The molecule has 1 atom stereocenters. The first-order valence-corrected chi connectivity index (χ1v) is 7.29. The van der Waals surface area contributed by atoms with E-state index in [0.29, 0.717) is 6.04 Å². The lowest BCUT2D eigenvalue weighted by Crippen LogP contribution is -2.33. The monoisotopic (exact) mass is 247 g/mol. The third-order valence-electron chi connectivity index (χ3n) is 3.58. The van der Waals surface area contributed by atoms with Crippen molar-refractivity contribution in [2.75, 3.05) is 6.54 Å². The predicted molar refractivity (Wildman–Crippen MR) is 81.1 cm³/mol. The third kappa shape index (κ3) is 3.58. The fraction of sp³-hybridized carbons (Fsp3) is 0.647. The van der Waals surface area contributed by atoms with Gasteiger partial charge in [-0.2, -0.15) is 0 Å². The largest absolute Gasteiger partial charge is 0.310 e. The van der Waals surface area contributed by atoms with Crippen LogP contribution in [0, 0.1) is 5.41 Å². The molecule has 0 aliphatic heterocycles. The Hall–Kier alpha value is -0.820. The van der Waals surface area contributed by atoms with Gasteiger partial charge in [-0.1, -0.05) is 59.7 Å². The van der Waals surface area contributed by atoms with Gasteiger partial charge in [-0.3, -0.25) is 0 Å². The van der Waals surface area contributed by atoms with Crippen LogP contribution in [0.5, 0.6) is 0 Å². The first-order chi connectivity index (χ1) is 8.43. The maximum absolute atomic E-state index is 3.66. The maximum atomic E-state index is 3.66. The van der Waals surface area contributed by atoms with Crippen LogP contribution in [-0.4, -0.2) is 6.54 Å². The van der Waals surface area contributed by atoms with Crippen molar-refractivity contribution in [3.63, 3.8) is 0 Å². The minimum atomic E-state index is 0.242. The molecular formula is C17H29N. The van der Waals surface area contributed by atoms with E-state index in [9.17, 15) is 0 Å². The second kappa shape index (κ2) is 6.38. The molecule has 0 bridgehead atoms. The van der Waals surface area contributed by atoms with Crippen LogP contribution in [-0.2, 0) is 12.8 Å². The minimum absolute atomic E-state index is 0.242. The third-order valence-corrected chi connectivity index (χ3v) is 3.58. The summed E-state index contributed by atoms with van der Waals surface area (Å²) < 4.78 is 0. The van der Waals surface area contributed by atoms with E-state index in [-0.39, 0.29) is 5.41 Å². The number of nitrogens with one attached hydrogen (secondary N) is 1. The Balaban J connectivity index is 3.24. The Morgan fingerprint density at radius 1 is 1.06 bits per heavy atom. The standard InChI is InChI=1S/C17H29N/c1-7-13-10-11-14(8-2)15(12-13)16(18-9-3)17(4,5)6/h10-12,16,18H,7-9H2,1-6H3. The Morgan fingerprint density at radius 2 is 1.72 bits per heavy atom.